The molecule has 0 aliphatic carbocycles. The van der Waals surface area contributed by atoms with Gasteiger partial charge in [0.2, 0.25) is 0 Å². The molecule has 0 aromatic heterocycles. The van der Waals surface area contributed by atoms with Crippen molar-refractivity contribution < 1.29 is 14.6 Å². The normalized spacial score (nSPS) is 10.6. The minimum absolute atomic E-state index is 0.332. The average molecular weight is 360 g/mol. The van der Waals surface area contributed by atoms with Crippen molar-refractivity contribution in [1.82, 2.24) is 0 Å². The lowest BCUT2D eigenvalue weighted by molar-refractivity contribution is 0.0697. The van der Waals surface area contributed by atoms with E-state index < -0.39 is 5.97 Å². The van der Waals surface area contributed by atoms with Crippen molar-refractivity contribution in [1.29, 1.82) is 0 Å². The molecule has 3 aromatic carbocycles. The summed E-state index contributed by atoms with van der Waals surface area (Å²) in [6.45, 7) is 0. The maximum Gasteiger partial charge on any atom is 0.335 e. The van der Waals surface area contributed by atoms with E-state index in [-0.39, 0.29) is 0 Å². The van der Waals surface area contributed by atoms with Crippen molar-refractivity contribution in [3.8, 4) is 5.75 Å². The molecule has 27 heavy (non-hydrogen) atoms. The van der Waals surface area contributed by atoms with Gasteiger partial charge in [-0.05, 0) is 72.2 Å². The third-order valence-electron chi connectivity index (χ3n) is 4.84. The van der Waals surface area contributed by atoms with E-state index in [0.717, 1.165) is 37.0 Å². The summed E-state index contributed by atoms with van der Waals surface area (Å²) in [5, 5.41) is 9.00. The van der Waals surface area contributed by atoms with Gasteiger partial charge in [-0.25, -0.2) is 4.79 Å². The molecular formula is C24H24O3. The highest BCUT2D eigenvalue weighted by Gasteiger charge is 2.05. The van der Waals surface area contributed by atoms with Crippen molar-refractivity contribution >= 4 is 5.97 Å². The Hall–Kier alpha value is -3.07. The molecule has 138 valence electrons. The van der Waals surface area contributed by atoms with Crippen LogP contribution in [-0.2, 0) is 25.7 Å². The largest absolute Gasteiger partial charge is 0.497 e. The first kappa shape index (κ1) is 18.7. The standard InChI is InChI=1S/C24H24O3/c1-27-23-16-10-19(11-17-23)7-13-21-5-3-2-4-20(21)12-6-18-8-14-22(15-9-18)24(25)26/h2-5,8-11,14-17H,6-7,12-13H2,1H3,(H,25,26). The number of aromatic carboxylic acids is 1. The number of hydrogen-bond acceptors (Lipinski definition) is 2. The smallest absolute Gasteiger partial charge is 0.335 e. The van der Waals surface area contributed by atoms with E-state index in [9.17, 15) is 4.79 Å². The van der Waals surface area contributed by atoms with E-state index in [4.69, 9.17) is 9.84 Å². The summed E-state index contributed by atoms with van der Waals surface area (Å²) < 4.78 is 5.21. The Kier molecular flexibility index (Phi) is 6.26. The monoisotopic (exact) mass is 360 g/mol. The molecule has 0 amide bonds. The topological polar surface area (TPSA) is 46.5 Å². The molecule has 0 atom stereocenters. The van der Waals surface area contributed by atoms with Gasteiger partial charge in [-0.15, -0.1) is 0 Å². The second-order valence-corrected chi connectivity index (χ2v) is 6.62. The van der Waals surface area contributed by atoms with Crippen LogP contribution in [0.5, 0.6) is 5.75 Å². The highest BCUT2D eigenvalue weighted by atomic mass is 16.5. The van der Waals surface area contributed by atoms with Crippen LogP contribution in [0.1, 0.15) is 32.6 Å². The molecular weight excluding hydrogens is 336 g/mol. The van der Waals surface area contributed by atoms with Crippen LogP contribution in [0.4, 0.5) is 0 Å². The van der Waals surface area contributed by atoms with Gasteiger partial charge in [0.15, 0.2) is 0 Å². The molecule has 3 nitrogen and oxygen atoms in total. The van der Waals surface area contributed by atoms with E-state index in [2.05, 4.69) is 36.4 Å². The lowest BCUT2D eigenvalue weighted by atomic mass is 9.95. The molecule has 0 heterocycles. The molecule has 3 aromatic rings. The van der Waals surface area contributed by atoms with Gasteiger partial charge in [0.05, 0.1) is 12.7 Å². The highest BCUT2D eigenvalue weighted by Crippen LogP contribution is 2.17. The number of carbonyl (C=O) groups is 1. The van der Waals surface area contributed by atoms with Gasteiger partial charge in [-0.2, -0.15) is 0 Å². The summed E-state index contributed by atoms with van der Waals surface area (Å²) in [5.41, 5.74) is 5.52. The quantitative estimate of drug-likeness (QED) is 0.617. The summed E-state index contributed by atoms with van der Waals surface area (Å²) in [5.74, 6) is -0.00139. The molecule has 1 N–H and O–H groups in total. The maximum atomic E-state index is 11.0. The van der Waals surface area contributed by atoms with Gasteiger partial charge in [-0.1, -0.05) is 48.5 Å². The first-order valence-corrected chi connectivity index (χ1v) is 9.17. The fourth-order valence-corrected chi connectivity index (χ4v) is 3.21. The molecule has 0 saturated heterocycles. The fourth-order valence-electron chi connectivity index (χ4n) is 3.21. The Balaban J connectivity index is 1.62. The summed E-state index contributed by atoms with van der Waals surface area (Å²) in [6, 6.07) is 24.0. The molecule has 0 saturated carbocycles. The number of aryl methyl sites for hydroxylation is 4. The zero-order valence-corrected chi connectivity index (χ0v) is 15.5. The predicted octanol–water partition coefficient (Wildman–Crippen LogP) is 4.96. The van der Waals surface area contributed by atoms with E-state index in [1.165, 1.54) is 16.7 Å². The van der Waals surface area contributed by atoms with Crippen LogP contribution in [0.2, 0.25) is 0 Å². The van der Waals surface area contributed by atoms with Crippen LogP contribution < -0.4 is 4.74 Å². The second-order valence-electron chi connectivity index (χ2n) is 6.62. The Morgan fingerprint density at radius 2 is 1.22 bits per heavy atom. The summed E-state index contributed by atoms with van der Waals surface area (Å²) in [4.78, 5) is 11.0. The first-order chi connectivity index (χ1) is 13.2. The molecule has 0 radical (unpaired) electrons. The van der Waals surface area contributed by atoms with Gasteiger partial charge in [-0.3, -0.25) is 0 Å². The minimum atomic E-state index is -0.884. The Labute approximate surface area is 160 Å². The van der Waals surface area contributed by atoms with Gasteiger partial charge >= 0.3 is 5.97 Å². The highest BCUT2D eigenvalue weighted by molar-refractivity contribution is 5.87. The number of carboxylic acid groups (broad SMARTS) is 1. The number of rotatable bonds is 8. The number of hydrogen-bond donors (Lipinski definition) is 1. The summed E-state index contributed by atoms with van der Waals surface area (Å²) >= 11 is 0. The zero-order chi connectivity index (χ0) is 19.1. The molecule has 0 fully saturated rings. The van der Waals surface area contributed by atoms with Crippen LogP contribution in [0, 0.1) is 0 Å². The maximum absolute atomic E-state index is 11.0. The van der Waals surface area contributed by atoms with Crippen LogP contribution in [0.15, 0.2) is 72.8 Å². The predicted molar refractivity (Wildman–Crippen MR) is 108 cm³/mol. The van der Waals surface area contributed by atoms with Crippen LogP contribution in [0.25, 0.3) is 0 Å². The van der Waals surface area contributed by atoms with Gasteiger partial charge in [0.25, 0.3) is 0 Å². The number of methoxy groups -OCH3 is 1. The number of ether oxygens (including phenoxy) is 1. The average Bonchev–Trinajstić information content (AvgIpc) is 2.72. The van der Waals surface area contributed by atoms with E-state index >= 15 is 0 Å². The third-order valence-corrected chi connectivity index (χ3v) is 4.84. The van der Waals surface area contributed by atoms with Gasteiger partial charge in [0, 0.05) is 0 Å². The van der Waals surface area contributed by atoms with Gasteiger partial charge < -0.3 is 9.84 Å². The number of carboxylic acids is 1. The second kappa shape index (κ2) is 9.04. The molecule has 0 aliphatic rings. The molecule has 0 unspecified atom stereocenters. The first-order valence-electron chi connectivity index (χ1n) is 9.17. The lowest BCUT2D eigenvalue weighted by Crippen LogP contribution is -2.00. The SMILES string of the molecule is COc1ccc(CCc2ccccc2CCc2ccc(C(=O)O)cc2)cc1. The van der Waals surface area contributed by atoms with Crippen molar-refractivity contribution in [3.05, 3.63) is 101 Å². The summed E-state index contributed by atoms with van der Waals surface area (Å²) in [7, 11) is 1.68. The minimum Gasteiger partial charge on any atom is -0.497 e. The van der Waals surface area contributed by atoms with E-state index in [1.54, 1.807) is 19.2 Å². The third kappa shape index (κ3) is 5.20. The zero-order valence-electron chi connectivity index (χ0n) is 15.5. The molecule has 3 heteroatoms. The molecule has 0 spiro atoms. The Morgan fingerprint density at radius 1 is 0.741 bits per heavy atom. The van der Waals surface area contributed by atoms with E-state index in [1.807, 2.05) is 24.3 Å². The lowest BCUT2D eigenvalue weighted by Gasteiger charge is -2.10. The fraction of sp³-hybridized carbons (Fsp3) is 0.208. The van der Waals surface area contributed by atoms with E-state index in [0.29, 0.717) is 5.56 Å². The van der Waals surface area contributed by atoms with Crippen LogP contribution >= 0.6 is 0 Å². The number of benzene rings is 3. The van der Waals surface area contributed by atoms with Crippen LogP contribution in [-0.4, -0.2) is 18.2 Å². The van der Waals surface area contributed by atoms with Crippen molar-refractivity contribution in [2.45, 2.75) is 25.7 Å². The Bertz CT molecular complexity index is 880. The van der Waals surface area contributed by atoms with Crippen LogP contribution in [0.3, 0.4) is 0 Å². The molecule has 0 bridgehead atoms. The molecule has 0 aliphatic heterocycles. The van der Waals surface area contributed by atoms with Gasteiger partial charge in [0.1, 0.15) is 5.75 Å². The Morgan fingerprint density at radius 3 is 1.67 bits per heavy atom. The van der Waals surface area contributed by atoms with Crippen molar-refractivity contribution in [2.24, 2.45) is 0 Å². The van der Waals surface area contributed by atoms with Crippen molar-refractivity contribution in [2.75, 3.05) is 7.11 Å². The summed E-state index contributed by atoms with van der Waals surface area (Å²) in [6.07, 6.45) is 3.85. The molecule has 3 rings (SSSR count). The van der Waals surface area contributed by atoms with Crippen molar-refractivity contribution in [3.63, 3.8) is 0 Å².